The number of imidazole rings is 1. The molecule has 5 heterocycles. The van der Waals surface area contributed by atoms with Crippen molar-refractivity contribution in [2.24, 2.45) is 0 Å². The molecule has 0 aliphatic carbocycles. The Labute approximate surface area is 221 Å². The van der Waals surface area contributed by atoms with E-state index in [2.05, 4.69) is 61.6 Å². The van der Waals surface area contributed by atoms with Gasteiger partial charge >= 0.3 is 0 Å². The highest BCUT2D eigenvalue weighted by Gasteiger charge is 2.13. The van der Waals surface area contributed by atoms with E-state index in [1.807, 2.05) is 61.4 Å². The van der Waals surface area contributed by atoms with Crippen LogP contribution in [-0.2, 0) is 0 Å². The van der Waals surface area contributed by atoms with Crippen LogP contribution in [0, 0.1) is 6.92 Å². The SMILES string of the molecule is C=C(CCCC)Nc1cncc(C(=C)/C=c2/c(-c3cc4c(-n5cnc(C)c5)ccnc4[nH]3)n[nH]/c2=C/C)c1. The van der Waals surface area contributed by atoms with Gasteiger partial charge in [0.25, 0.3) is 0 Å². The van der Waals surface area contributed by atoms with Crippen LogP contribution in [0.2, 0.25) is 0 Å². The minimum Gasteiger partial charge on any atom is -0.358 e. The second kappa shape index (κ2) is 10.7. The summed E-state index contributed by atoms with van der Waals surface area (Å²) in [6, 6.07) is 6.11. The second-order valence-corrected chi connectivity index (χ2v) is 9.35. The van der Waals surface area contributed by atoms with Crippen molar-refractivity contribution in [1.29, 1.82) is 0 Å². The van der Waals surface area contributed by atoms with Gasteiger partial charge < -0.3 is 14.9 Å². The monoisotopic (exact) mass is 504 g/mol. The summed E-state index contributed by atoms with van der Waals surface area (Å²) in [5.41, 5.74) is 8.02. The molecule has 8 heteroatoms. The van der Waals surface area contributed by atoms with E-state index in [4.69, 9.17) is 0 Å². The van der Waals surface area contributed by atoms with Crippen LogP contribution in [0.25, 0.3) is 45.8 Å². The molecule has 0 fully saturated rings. The zero-order valence-electron chi connectivity index (χ0n) is 22.0. The van der Waals surface area contributed by atoms with Crippen LogP contribution in [0.5, 0.6) is 0 Å². The first-order valence-corrected chi connectivity index (χ1v) is 12.8. The number of nitrogens with zero attached hydrogens (tertiary/aromatic N) is 5. The Morgan fingerprint density at radius 3 is 2.82 bits per heavy atom. The van der Waals surface area contributed by atoms with Crippen LogP contribution < -0.4 is 15.9 Å². The van der Waals surface area contributed by atoms with Crippen molar-refractivity contribution < 1.29 is 0 Å². The molecule has 0 amide bonds. The Bertz CT molecular complexity index is 1750. The van der Waals surface area contributed by atoms with E-state index >= 15 is 0 Å². The fraction of sp³-hybridized carbons (Fsp3) is 0.200. The van der Waals surface area contributed by atoms with E-state index in [1.165, 1.54) is 0 Å². The van der Waals surface area contributed by atoms with Crippen LogP contribution in [0.1, 0.15) is 44.4 Å². The molecule has 0 aromatic carbocycles. The normalized spacial score (nSPS) is 12.4. The summed E-state index contributed by atoms with van der Waals surface area (Å²) in [4.78, 5) is 16.8. The molecular weight excluding hydrogens is 472 g/mol. The van der Waals surface area contributed by atoms with Gasteiger partial charge in [-0.15, -0.1) is 0 Å². The molecule has 8 nitrogen and oxygen atoms in total. The molecule has 5 aromatic heterocycles. The molecule has 0 aliphatic heterocycles. The first-order chi connectivity index (χ1) is 18.5. The van der Waals surface area contributed by atoms with Gasteiger partial charge in [-0.1, -0.05) is 32.6 Å². The standard InChI is InChI=1S/C30H32N8/c1-6-8-9-20(4)34-23-13-22(15-31-16-23)19(3)12-24-26(7-2)36-37-29(24)27-14-25-28(10-11-32-30(25)35-27)38-17-21(5)33-18-38/h7,10-18,34,36H,3-4,6,8-9H2,1-2,5H3,(H,32,35)/b24-12+,26-7+. The Balaban J connectivity index is 1.52. The van der Waals surface area contributed by atoms with Gasteiger partial charge in [0, 0.05) is 40.5 Å². The average molecular weight is 505 g/mol. The van der Waals surface area contributed by atoms with E-state index in [0.717, 1.165) is 86.2 Å². The largest absolute Gasteiger partial charge is 0.358 e. The fourth-order valence-corrected chi connectivity index (χ4v) is 4.45. The number of nitrogens with one attached hydrogen (secondary N) is 3. The lowest BCUT2D eigenvalue weighted by atomic mass is 10.1. The summed E-state index contributed by atoms with van der Waals surface area (Å²) in [7, 11) is 0. The highest BCUT2D eigenvalue weighted by atomic mass is 15.1. The van der Waals surface area contributed by atoms with Gasteiger partial charge in [0.15, 0.2) is 0 Å². The van der Waals surface area contributed by atoms with Crippen LogP contribution in [0.3, 0.4) is 0 Å². The average Bonchev–Trinajstić information content (AvgIpc) is 3.65. The fourth-order valence-electron chi connectivity index (χ4n) is 4.45. The summed E-state index contributed by atoms with van der Waals surface area (Å²) in [6.07, 6.45) is 16.4. The number of aromatic amines is 2. The van der Waals surface area contributed by atoms with Gasteiger partial charge in [0.05, 0.1) is 40.6 Å². The van der Waals surface area contributed by atoms with Crippen molar-refractivity contribution >= 4 is 34.4 Å². The number of unbranched alkanes of at least 4 members (excludes halogenated alkanes) is 1. The molecule has 0 radical (unpaired) electrons. The number of hydrogen-bond donors (Lipinski definition) is 3. The van der Waals surface area contributed by atoms with E-state index in [1.54, 1.807) is 12.4 Å². The zero-order valence-corrected chi connectivity index (χ0v) is 22.0. The van der Waals surface area contributed by atoms with Gasteiger partial charge in [0.1, 0.15) is 11.3 Å². The maximum atomic E-state index is 4.64. The lowest BCUT2D eigenvalue weighted by Gasteiger charge is -2.10. The van der Waals surface area contributed by atoms with Crippen molar-refractivity contribution in [2.45, 2.75) is 40.0 Å². The van der Waals surface area contributed by atoms with Crippen molar-refractivity contribution in [2.75, 3.05) is 5.32 Å². The lowest BCUT2D eigenvalue weighted by molar-refractivity contribution is 0.791. The molecule has 38 heavy (non-hydrogen) atoms. The minimum atomic E-state index is 0.782. The molecule has 0 bridgehead atoms. The van der Waals surface area contributed by atoms with Crippen LogP contribution >= 0.6 is 0 Å². The van der Waals surface area contributed by atoms with E-state index < -0.39 is 0 Å². The molecule has 5 aromatic rings. The molecule has 3 N–H and O–H groups in total. The molecule has 0 atom stereocenters. The van der Waals surface area contributed by atoms with Crippen molar-refractivity contribution in [3.8, 4) is 17.1 Å². The zero-order chi connectivity index (χ0) is 26.6. The van der Waals surface area contributed by atoms with Gasteiger partial charge in [-0.25, -0.2) is 9.97 Å². The quantitative estimate of drug-likeness (QED) is 0.255. The molecule has 5 rings (SSSR count). The van der Waals surface area contributed by atoms with E-state index in [0.29, 0.717) is 0 Å². The van der Waals surface area contributed by atoms with Crippen LogP contribution in [0.4, 0.5) is 5.69 Å². The Morgan fingerprint density at radius 1 is 1.18 bits per heavy atom. The molecule has 0 aliphatic rings. The van der Waals surface area contributed by atoms with E-state index in [9.17, 15) is 0 Å². The highest BCUT2D eigenvalue weighted by Crippen LogP contribution is 2.25. The van der Waals surface area contributed by atoms with Crippen LogP contribution in [-0.4, -0.2) is 34.7 Å². The number of H-pyrrole nitrogens is 2. The third-order valence-electron chi connectivity index (χ3n) is 6.46. The second-order valence-electron chi connectivity index (χ2n) is 9.35. The number of pyridine rings is 2. The van der Waals surface area contributed by atoms with Crippen LogP contribution in [0.15, 0.2) is 68.2 Å². The van der Waals surface area contributed by atoms with Gasteiger partial charge in [-0.05, 0) is 56.5 Å². The number of anilines is 1. The Morgan fingerprint density at radius 2 is 2.05 bits per heavy atom. The molecule has 0 spiro atoms. The molecule has 0 saturated carbocycles. The number of fused-ring (bicyclic) bond motifs is 1. The number of rotatable bonds is 9. The molecule has 0 saturated heterocycles. The van der Waals surface area contributed by atoms with E-state index in [-0.39, 0.29) is 0 Å². The summed E-state index contributed by atoms with van der Waals surface area (Å²) >= 11 is 0. The predicted molar refractivity (Wildman–Crippen MR) is 155 cm³/mol. The summed E-state index contributed by atoms with van der Waals surface area (Å²) < 4.78 is 2.01. The molecule has 0 unspecified atom stereocenters. The van der Waals surface area contributed by atoms with Gasteiger partial charge in [-0.2, -0.15) is 5.10 Å². The number of aryl methyl sites for hydroxylation is 1. The minimum absolute atomic E-state index is 0.782. The third-order valence-corrected chi connectivity index (χ3v) is 6.46. The van der Waals surface area contributed by atoms with Gasteiger partial charge in [-0.3, -0.25) is 10.1 Å². The third kappa shape index (κ3) is 5.06. The maximum Gasteiger partial charge on any atom is 0.139 e. The first kappa shape index (κ1) is 25.0. The topological polar surface area (TPSA) is 100 Å². The Hall–Kier alpha value is -4.72. The summed E-state index contributed by atoms with van der Waals surface area (Å²) in [5.74, 6) is 0. The lowest BCUT2D eigenvalue weighted by Crippen LogP contribution is -2.23. The molecular formula is C30H32N8. The first-order valence-electron chi connectivity index (χ1n) is 12.8. The van der Waals surface area contributed by atoms with Crippen molar-refractivity contribution in [3.63, 3.8) is 0 Å². The highest BCUT2D eigenvalue weighted by molar-refractivity contribution is 5.91. The Kier molecular flexibility index (Phi) is 7.04. The smallest absolute Gasteiger partial charge is 0.139 e. The number of allylic oxidation sites excluding steroid dienone is 2. The predicted octanol–water partition coefficient (Wildman–Crippen LogP) is 5.25. The molecule has 192 valence electrons. The van der Waals surface area contributed by atoms with Gasteiger partial charge in [0.2, 0.25) is 0 Å². The summed E-state index contributed by atoms with van der Waals surface area (Å²) in [6.45, 7) is 14.6. The maximum absolute atomic E-state index is 4.64. The van der Waals surface area contributed by atoms with Crippen molar-refractivity contribution in [3.05, 3.63) is 90.0 Å². The summed E-state index contributed by atoms with van der Waals surface area (Å²) in [5, 5.41) is 14.0. The van der Waals surface area contributed by atoms with Crippen molar-refractivity contribution in [1.82, 2.24) is 34.7 Å². The number of aromatic nitrogens is 7. The number of hydrogen-bond acceptors (Lipinski definition) is 5.